The number of hydrogen-bond donors (Lipinski definition) is 0. The molecule has 0 radical (unpaired) electrons. The maximum absolute atomic E-state index is 12.9. The van der Waals surface area contributed by atoms with Gasteiger partial charge < -0.3 is 0 Å². The van der Waals surface area contributed by atoms with Gasteiger partial charge in [-0.3, -0.25) is 4.79 Å². The Labute approximate surface area is 151 Å². The van der Waals surface area contributed by atoms with E-state index >= 15 is 0 Å². The number of rotatable bonds is 3. The van der Waals surface area contributed by atoms with E-state index in [1.807, 2.05) is 6.92 Å². The van der Waals surface area contributed by atoms with Crippen molar-refractivity contribution in [2.45, 2.75) is 11.8 Å². The van der Waals surface area contributed by atoms with Gasteiger partial charge in [0.05, 0.1) is 16.9 Å². The number of fused-ring (bicyclic) bond motifs is 1. The zero-order chi connectivity index (χ0) is 19.1. The third-order valence-corrected chi connectivity index (χ3v) is 6.13. The van der Waals surface area contributed by atoms with Gasteiger partial charge in [0.15, 0.2) is 0 Å². The Balaban J connectivity index is 2.26. The molecule has 2 aromatic rings. The number of carbonyl (C=O) groups excluding carboxylic acids is 1. The zero-order valence-electron chi connectivity index (χ0n) is 14.0. The van der Waals surface area contributed by atoms with Gasteiger partial charge in [0, 0.05) is 11.1 Å². The van der Waals surface area contributed by atoms with Crippen molar-refractivity contribution in [3.05, 3.63) is 76.2 Å². The van der Waals surface area contributed by atoms with Crippen LogP contribution in [-0.2, 0) is 19.9 Å². The van der Waals surface area contributed by atoms with Crippen LogP contribution in [0.5, 0.6) is 0 Å². The van der Waals surface area contributed by atoms with Crippen LogP contribution in [0.25, 0.3) is 0 Å². The Kier molecular flexibility index (Phi) is 4.41. The van der Waals surface area contributed by atoms with Crippen LogP contribution in [0, 0.1) is 6.92 Å². The standard InChI is InChI=1S/C18H15NO5S2/c1-12-7-9-13(10-8-12)26(23,24)17-11-16(19-25(2,21)22)14-5-3-4-6-15(14)18(17)20/h3-11H,1-2H3/b19-16+. The highest BCUT2D eigenvalue weighted by Crippen LogP contribution is 2.29. The minimum atomic E-state index is -4.12. The number of hydrogen-bond acceptors (Lipinski definition) is 5. The molecule has 1 aliphatic rings. The molecule has 0 saturated carbocycles. The summed E-state index contributed by atoms with van der Waals surface area (Å²) in [5.74, 6) is -0.686. The van der Waals surface area contributed by atoms with E-state index in [0.717, 1.165) is 17.9 Å². The second-order valence-corrected chi connectivity index (χ2v) is 9.48. The van der Waals surface area contributed by atoms with Crippen molar-refractivity contribution in [3.8, 4) is 0 Å². The second-order valence-electron chi connectivity index (χ2n) is 5.91. The van der Waals surface area contributed by atoms with Crippen LogP contribution in [0.2, 0.25) is 0 Å². The Hall–Kier alpha value is -2.58. The first-order chi connectivity index (χ1) is 12.1. The van der Waals surface area contributed by atoms with Gasteiger partial charge in [-0.25, -0.2) is 16.8 Å². The molecule has 0 unspecified atom stereocenters. The highest BCUT2D eigenvalue weighted by atomic mass is 32.2. The number of sulfonamides is 1. The minimum absolute atomic E-state index is 0.0409. The number of allylic oxidation sites excluding steroid dienone is 2. The van der Waals surface area contributed by atoms with Gasteiger partial charge in [0.1, 0.15) is 4.91 Å². The highest BCUT2D eigenvalue weighted by Gasteiger charge is 2.33. The van der Waals surface area contributed by atoms with Crippen LogP contribution in [0.4, 0.5) is 0 Å². The summed E-state index contributed by atoms with van der Waals surface area (Å²) in [6.07, 6.45) is 1.93. The van der Waals surface area contributed by atoms with Crippen LogP contribution in [0.1, 0.15) is 21.5 Å². The topological polar surface area (TPSA) is 97.7 Å². The van der Waals surface area contributed by atoms with Gasteiger partial charge in [-0.15, -0.1) is 0 Å². The summed E-state index contributed by atoms with van der Waals surface area (Å²) in [5.41, 5.74) is 1.18. The molecule has 0 aliphatic heterocycles. The lowest BCUT2D eigenvalue weighted by Crippen LogP contribution is -2.23. The molecule has 0 aromatic heterocycles. The van der Waals surface area contributed by atoms with Crippen LogP contribution >= 0.6 is 0 Å². The summed E-state index contributed by atoms with van der Waals surface area (Å²) in [4.78, 5) is 12.2. The Morgan fingerprint density at radius 1 is 0.846 bits per heavy atom. The van der Waals surface area contributed by atoms with E-state index in [1.165, 1.54) is 24.3 Å². The molecule has 0 saturated heterocycles. The average Bonchev–Trinajstić information content (AvgIpc) is 2.56. The van der Waals surface area contributed by atoms with Crippen molar-refractivity contribution in [2.75, 3.05) is 6.26 Å². The lowest BCUT2D eigenvalue weighted by atomic mass is 9.94. The number of aryl methyl sites for hydroxylation is 1. The van der Waals surface area contributed by atoms with Crippen LogP contribution in [0.15, 0.2) is 68.8 Å². The summed E-state index contributed by atoms with van der Waals surface area (Å²) in [7, 11) is -7.91. The molecular formula is C18H15NO5S2. The van der Waals surface area contributed by atoms with Gasteiger partial charge in [-0.1, -0.05) is 42.0 Å². The smallest absolute Gasteiger partial charge is 0.250 e. The third-order valence-electron chi connectivity index (χ3n) is 3.82. The maximum atomic E-state index is 12.9. The van der Waals surface area contributed by atoms with Crippen molar-refractivity contribution in [3.63, 3.8) is 0 Å². The molecule has 0 spiro atoms. The van der Waals surface area contributed by atoms with E-state index in [2.05, 4.69) is 4.40 Å². The molecule has 6 nitrogen and oxygen atoms in total. The van der Waals surface area contributed by atoms with Gasteiger partial charge in [-0.2, -0.15) is 4.40 Å². The van der Waals surface area contributed by atoms with E-state index in [4.69, 9.17) is 0 Å². The third kappa shape index (κ3) is 3.38. The first kappa shape index (κ1) is 18.2. The molecule has 26 heavy (non-hydrogen) atoms. The number of benzene rings is 2. The van der Waals surface area contributed by atoms with Crippen molar-refractivity contribution < 1.29 is 21.6 Å². The molecule has 0 fully saturated rings. The normalized spacial score (nSPS) is 16.3. The highest BCUT2D eigenvalue weighted by molar-refractivity contribution is 7.96. The quantitative estimate of drug-likeness (QED) is 0.802. The molecule has 0 bridgehead atoms. The molecule has 134 valence electrons. The van der Waals surface area contributed by atoms with Crippen LogP contribution < -0.4 is 0 Å². The van der Waals surface area contributed by atoms with E-state index in [-0.39, 0.29) is 21.7 Å². The lowest BCUT2D eigenvalue weighted by molar-refractivity contribution is 0.104. The summed E-state index contributed by atoms with van der Waals surface area (Å²) >= 11 is 0. The first-order valence-corrected chi connectivity index (χ1v) is 10.9. The van der Waals surface area contributed by atoms with Crippen LogP contribution in [-0.4, -0.2) is 34.6 Å². The Morgan fingerprint density at radius 3 is 2.00 bits per heavy atom. The molecule has 2 aromatic carbocycles. The van der Waals surface area contributed by atoms with E-state index in [0.29, 0.717) is 0 Å². The molecule has 0 atom stereocenters. The molecule has 0 N–H and O–H groups in total. The molecule has 3 rings (SSSR count). The van der Waals surface area contributed by atoms with Gasteiger partial charge in [0.2, 0.25) is 15.6 Å². The Bertz CT molecular complexity index is 1170. The molecule has 1 aliphatic carbocycles. The molecule has 8 heteroatoms. The SMILES string of the molecule is Cc1ccc(S(=O)(=O)C2=C/C(=N\S(C)(=O)=O)c3ccccc3C2=O)cc1. The van der Waals surface area contributed by atoms with Gasteiger partial charge in [0.25, 0.3) is 10.0 Å². The largest absolute Gasteiger partial charge is 0.288 e. The van der Waals surface area contributed by atoms with Crippen molar-refractivity contribution in [1.29, 1.82) is 0 Å². The molecular weight excluding hydrogens is 374 g/mol. The van der Waals surface area contributed by atoms with Crippen LogP contribution in [0.3, 0.4) is 0 Å². The zero-order valence-corrected chi connectivity index (χ0v) is 15.6. The fourth-order valence-corrected chi connectivity index (χ4v) is 4.48. The van der Waals surface area contributed by atoms with Crippen molar-refractivity contribution in [2.24, 2.45) is 4.40 Å². The number of carbonyl (C=O) groups is 1. The van der Waals surface area contributed by atoms with Gasteiger partial charge in [-0.05, 0) is 25.1 Å². The summed E-state index contributed by atoms with van der Waals surface area (Å²) < 4.78 is 52.7. The number of ketones is 1. The predicted octanol–water partition coefficient (Wildman–Crippen LogP) is 2.30. The van der Waals surface area contributed by atoms with Gasteiger partial charge >= 0.3 is 0 Å². The fraction of sp³-hybridized carbons (Fsp3) is 0.111. The minimum Gasteiger partial charge on any atom is -0.288 e. The average molecular weight is 389 g/mol. The summed E-state index contributed by atoms with van der Waals surface area (Å²) in [6, 6.07) is 12.3. The summed E-state index contributed by atoms with van der Waals surface area (Å²) in [6.45, 7) is 1.81. The van der Waals surface area contributed by atoms with Crippen molar-refractivity contribution >= 4 is 31.4 Å². The fourth-order valence-electron chi connectivity index (χ4n) is 2.60. The predicted molar refractivity (Wildman–Crippen MR) is 98.6 cm³/mol. The first-order valence-electron chi connectivity index (χ1n) is 7.57. The number of nitrogens with zero attached hydrogens (tertiary/aromatic N) is 1. The number of Topliss-reactive ketones (excluding diaryl/α,β-unsaturated/α-hetero) is 1. The van der Waals surface area contributed by atoms with E-state index < -0.39 is 30.5 Å². The summed E-state index contributed by atoms with van der Waals surface area (Å²) in [5, 5.41) is 0. The van der Waals surface area contributed by atoms with E-state index in [1.54, 1.807) is 24.3 Å². The second kappa shape index (κ2) is 6.30. The monoisotopic (exact) mass is 389 g/mol. The number of sulfone groups is 1. The Morgan fingerprint density at radius 2 is 1.42 bits per heavy atom. The molecule has 0 heterocycles. The molecule has 0 amide bonds. The lowest BCUT2D eigenvalue weighted by Gasteiger charge is -2.17. The van der Waals surface area contributed by atoms with Crippen molar-refractivity contribution in [1.82, 2.24) is 0 Å². The van der Waals surface area contributed by atoms with E-state index in [9.17, 15) is 21.6 Å². The maximum Gasteiger partial charge on any atom is 0.250 e.